The third kappa shape index (κ3) is 3.08. The molecular weight excluding hydrogens is 348 g/mol. The molecule has 0 radical (unpaired) electrons. The van der Waals surface area contributed by atoms with Crippen molar-refractivity contribution in [3.63, 3.8) is 0 Å². The molecule has 0 aliphatic rings. The number of hydrogen-bond acceptors (Lipinski definition) is 3. The van der Waals surface area contributed by atoms with Crippen molar-refractivity contribution in [1.29, 1.82) is 0 Å². The van der Waals surface area contributed by atoms with Gasteiger partial charge in [-0.1, -0.05) is 60.2 Å². The third-order valence-electron chi connectivity index (χ3n) is 4.19. The number of thiophene rings is 1. The molecule has 0 saturated heterocycles. The van der Waals surface area contributed by atoms with Crippen molar-refractivity contribution in [2.75, 3.05) is 0 Å². The summed E-state index contributed by atoms with van der Waals surface area (Å²) in [5.74, 6) is 0. The van der Waals surface area contributed by atoms with Crippen LogP contribution in [0, 0.1) is 11.7 Å². The number of nitrogens with one attached hydrogen (secondary N) is 1. The Bertz CT molecular complexity index is 1150. The molecule has 0 aliphatic carbocycles. The van der Waals surface area contributed by atoms with Crippen molar-refractivity contribution in [2.45, 2.75) is 13.5 Å². The van der Waals surface area contributed by atoms with Crippen molar-refractivity contribution in [1.82, 2.24) is 9.55 Å². The Labute approximate surface area is 154 Å². The quantitative estimate of drug-likeness (QED) is 0.511. The molecule has 4 aromatic rings. The molecule has 5 heteroatoms. The van der Waals surface area contributed by atoms with Gasteiger partial charge in [-0.05, 0) is 36.3 Å². The van der Waals surface area contributed by atoms with E-state index in [1.807, 2.05) is 67.6 Å². The number of fused-ring (bicyclic) bond motifs is 1. The molecule has 2 aromatic heterocycles. The Balaban J connectivity index is 1.82. The summed E-state index contributed by atoms with van der Waals surface area (Å²) >= 11 is 6.99. The van der Waals surface area contributed by atoms with Gasteiger partial charge in [-0.15, -0.1) is 11.3 Å². The van der Waals surface area contributed by atoms with Crippen LogP contribution in [-0.4, -0.2) is 9.55 Å². The van der Waals surface area contributed by atoms with Gasteiger partial charge in [0.2, 0.25) is 0 Å². The second-order valence-corrected chi connectivity index (χ2v) is 7.47. The van der Waals surface area contributed by atoms with Crippen LogP contribution in [0.1, 0.15) is 11.1 Å². The molecule has 0 amide bonds. The first kappa shape index (κ1) is 16.0. The fourth-order valence-corrected chi connectivity index (χ4v) is 4.18. The summed E-state index contributed by atoms with van der Waals surface area (Å²) in [5, 5.41) is 0.685. The van der Waals surface area contributed by atoms with Gasteiger partial charge in [-0.25, -0.2) is 0 Å². The highest BCUT2D eigenvalue weighted by atomic mass is 32.1. The molecule has 3 nitrogen and oxygen atoms in total. The monoisotopic (exact) mass is 364 g/mol. The van der Waals surface area contributed by atoms with Crippen LogP contribution in [0.2, 0.25) is 0 Å². The van der Waals surface area contributed by atoms with Crippen LogP contribution in [0.15, 0.2) is 65.5 Å². The molecule has 0 fully saturated rings. The van der Waals surface area contributed by atoms with E-state index >= 15 is 0 Å². The maximum absolute atomic E-state index is 12.9. The number of rotatable bonds is 3. The normalized spacial score (nSPS) is 11.1. The van der Waals surface area contributed by atoms with Crippen molar-refractivity contribution < 1.29 is 0 Å². The minimum Gasteiger partial charge on any atom is -0.323 e. The van der Waals surface area contributed by atoms with Crippen molar-refractivity contribution in [3.05, 3.63) is 86.9 Å². The second kappa shape index (κ2) is 6.43. The van der Waals surface area contributed by atoms with Gasteiger partial charge in [-0.3, -0.25) is 9.36 Å². The summed E-state index contributed by atoms with van der Waals surface area (Å²) in [7, 11) is 0. The molecule has 0 unspecified atom stereocenters. The highest BCUT2D eigenvalue weighted by molar-refractivity contribution is 7.71. The minimum absolute atomic E-state index is 0.0437. The van der Waals surface area contributed by atoms with E-state index < -0.39 is 0 Å². The molecule has 4 rings (SSSR count). The van der Waals surface area contributed by atoms with E-state index in [1.54, 1.807) is 15.9 Å². The van der Waals surface area contributed by atoms with Gasteiger partial charge in [0, 0.05) is 4.88 Å². The minimum atomic E-state index is -0.0437. The first-order chi connectivity index (χ1) is 12.1. The molecule has 0 spiro atoms. The van der Waals surface area contributed by atoms with Gasteiger partial charge in [0.05, 0.1) is 11.9 Å². The highest BCUT2D eigenvalue weighted by Gasteiger charge is 2.11. The van der Waals surface area contributed by atoms with Crippen molar-refractivity contribution in [3.8, 4) is 10.4 Å². The fraction of sp³-hybridized carbons (Fsp3) is 0.100. The summed E-state index contributed by atoms with van der Waals surface area (Å²) in [5.41, 5.74) is 3.32. The summed E-state index contributed by atoms with van der Waals surface area (Å²) < 4.78 is 2.09. The zero-order valence-electron chi connectivity index (χ0n) is 13.7. The van der Waals surface area contributed by atoms with Crippen molar-refractivity contribution >= 4 is 33.8 Å². The first-order valence-corrected chi connectivity index (χ1v) is 9.22. The zero-order valence-corrected chi connectivity index (χ0v) is 15.3. The lowest BCUT2D eigenvalue weighted by molar-refractivity contribution is 0.735. The third-order valence-corrected chi connectivity index (χ3v) is 5.61. The highest BCUT2D eigenvalue weighted by Crippen LogP contribution is 2.30. The summed E-state index contributed by atoms with van der Waals surface area (Å²) in [6.45, 7) is 2.52. The molecule has 2 heterocycles. The Morgan fingerprint density at radius 1 is 1.08 bits per heavy atom. The van der Waals surface area contributed by atoms with Gasteiger partial charge < -0.3 is 4.98 Å². The summed E-state index contributed by atoms with van der Waals surface area (Å²) in [4.78, 5) is 18.1. The lowest BCUT2D eigenvalue weighted by atomic mass is 10.1. The first-order valence-electron chi connectivity index (χ1n) is 7.99. The van der Waals surface area contributed by atoms with Crippen LogP contribution in [-0.2, 0) is 6.54 Å². The Hall–Kier alpha value is -2.50. The predicted molar refractivity (Wildman–Crippen MR) is 107 cm³/mol. The van der Waals surface area contributed by atoms with E-state index in [0.29, 0.717) is 16.7 Å². The maximum atomic E-state index is 12.9. The average molecular weight is 364 g/mol. The molecule has 0 saturated carbocycles. The van der Waals surface area contributed by atoms with Gasteiger partial charge in [0.15, 0.2) is 4.77 Å². The molecule has 25 heavy (non-hydrogen) atoms. The fourth-order valence-electron chi connectivity index (χ4n) is 2.81. The predicted octanol–water partition coefficient (Wildman–Crippen LogP) is 5.14. The number of hydrogen-bond donors (Lipinski definition) is 1. The molecule has 124 valence electrons. The Morgan fingerprint density at radius 3 is 2.52 bits per heavy atom. The smallest absolute Gasteiger partial charge is 0.263 e. The van der Waals surface area contributed by atoms with Crippen LogP contribution in [0.25, 0.3) is 20.7 Å². The van der Waals surface area contributed by atoms with E-state index in [1.165, 1.54) is 5.56 Å². The van der Waals surface area contributed by atoms with Gasteiger partial charge in [-0.2, -0.15) is 0 Å². The van der Waals surface area contributed by atoms with Crippen LogP contribution >= 0.6 is 23.6 Å². The van der Waals surface area contributed by atoms with Gasteiger partial charge >= 0.3 is 0 Å². The van der Waals surface area contributed by atoms with E-state index in [9.17, 15) is 4.79 Å². The van der Waals surface area contributed by atoms with Crippen LogP contribution < -0.4 is 5.56 Å². The van der Waals surface area contributed by atoms with Crippen LogP contribution in [0.5, 0.6) is 0 Å². The molecule has 1 N–H and O–H groups in total. The van der Waals surface area contributed by atoms with E-state index in [0.717, 1.165) is 20.8 Å². The molecule has 0 bridgehead atoms. The van der Waals surface area contributed by atoms with E-state index in [-0.39, 0.29) is 5.56 Å². The number of benzene rings is 2. The van der Waals surface area contributed by atoms with Gasteiger partial charge in [0.25, 0.3) is 5.56 Å². The topological polar surface area (TPSA) is 37.8 Å². The van der Waals surface area contributed by atoms with Crippen LogP contribution in [0.3, 0.4) is 0 Å². The standard InChI is InChI=1S/C20H16N2OS2/c1-13-7-9-14(10-8-13)12-22-19(23)16-11-17(15-5-3-2-4-6-15)25-18(16)21-20(22)24/h2-11H,12H2,1H3,(H,21,24). The van der Waals surface area contributed by atoms with Gasteiger partial charge in [0.1, 0.15) is 4.83 Å². The molecule has 0 aliphatic heterocycles. The average Bonchev–Trinajstić information content (AvgIpc) is 3.05. The number of H-pyrrole nitrogens is 1. The number of aromatic nitrogens is 2. The molecule has 0 atom stereocenters. The Morgan fingerprint density at radius 2 is 1.80 bits per heavy atom. The van der Waals surface area contributed by atoms with Crippen molar-refractivity contribution in [2.24, 2.45) is 0 Å². The lowest BCUT2D eigenvalue weighted by Crippen LogP contribution is -2.22. The molecule has 2 aromatic carbocycles. The second-order valence-electron chi connectivity index (χ2n) is 6.03. The maximum Gasteiger partial charge on any atom is 0.263 e. The Kier molecular flexibility index (Phi) is 4.11. The summed E-state index contributed by atoms with van der Waals surface area (Å²) in [6, 6.07) is 20.2. The SMILES string of the molecule is Cc1ccc(Cn2c(=S)[nH]c3sc(-c4ccccc4)cc3c2=O)cc1. The number of aryl methyl sites for hydroxylation is 1. The number of aromatic amines is 1. The van der Waals surface area contributed by atoms with E-state index in [2.05, 4.69) is 4.98 Å². The van der Waals surface area contributed by atoms with E-state index in [4.69, 9.17) is 12.2 Å². The largest absolute Gasteiger partial charge is 0.323 e. The lowest BCUT2D eigenvalue weighted by Gasteiger charge is -2.06. The summed E-state index contributed by atoms with van der Waals surface area (Å²) in [6.07, 6.45) is 0. The number of nitrogens with zero attached hydrogens (tertiary/aromatic N) is 1. The molecular formula is C20H16N2OS2. The van der Waals surface area contributed by atoms with Crippen LogP contribution in [0.4, 0.5) is 0 Å². The zero-order chi connectivity index (χ0) is 17.4.